The van der Waals surface area contributed by atoms with Gasteiger partial charge in [0.2, 0.25) is 0 Å². The van der Waals surface area contributed by atoms with E-state index in [-0.39, 0.29) is 5.91 Å². The first-order chi connectivity index (χ1) is 7.18. The second kappa shape index (κ2) is 4.01. The molecule has 0 saturated carbocycles. The largest absolute Gasteiger partial charge is 0.339 e. The van der Waals surface area contributed by atoms with E-state index in [0.29, 0.717) is 5.92 Å². The van der Waals surface area contributed by atoms with E-state index < -0.39 is 0 Å². The molecule has 0 aliphatic carbocycles. The van der Waals surface area contributed by atoms with E-state index in [1.807, 2.05) is 11.0 Å². The number of hydrogen-bond acceptors (Lipinski definition) is 2. The van der Waals surface area contributed by atoms with Gasteiger partial charge in [-0.05, 0) is 24.5 Å². The standard InChI is InChI=1S/C12H16N2O/c1-9(2)11-8-10(4-5-13-11)12(15)14-6-3-7-14/h4-5,8-9H,3,6-7H2,1-2H3. The molecular formula is C12H16N2O. The summed E-state index contributed by atoms with van der Waals surface area (Å²) >= 11 is 0. The van der Waals surface area contributed by atoms with Crippen LogP contribution in [0.15, 0.2) is 18.3 Å². The normalized spacial score (nSPS) is 15.3. The van der Waals surface area contributed by atoms with Crippen molar-refractivity contribution in [2.24, 2.45) is 0 Å². The molecule has 1 fully saturated rings. The highest BCUT2D eigenvalue weighted by atomic mass is 16.2. The molecule has 0 N–H and O–H groups in total. The number of hydrogen-bond donors (Lipinski definition) is 0. The summed E-state index contributed by atoms with van der Waals surface area (Å²) in [6, 6.07) is 3.71. The Bertz CT molecular complexity index is 370. The first kappa shape index (κ1) is 10.1. The summed E-state index contributed by atoms with van der Waals surface area (Å²) in [4.78, 5) is 18.0. The highest BCUT2D eigenvalue weighted by Crippen LogP contribution is 2.16. The van der Waals surface area contributed by atoms with Gasteiger partial charge in [-0.1, -0.05) is 13.8 Å². The molecule has 15 heavy (non-hydrogen) atoms. The van der Waals surface area contributed by atoms with Gasteiger partial charge in [0, 0.05) is 30.5 Å². The molecule has 2 rings (SSSR count). The highest BCUT2D eigenvalue weighted by Gasteiger charge is 2.21. The van der Waals surface area contributed by atoms with Crippen LogP contribution in [0.4, 0.5) is 0 Å². The first-order valence-corrected chi connectivity index (χ1v) is 5.43. The number of rotatable bonds is 2. The lowest BCUT2D eigenvalue weighted by Gasteiger charge is -2.31. The summed E-state index contributed by atoms with van der Waals surface area (Å²) in [5, 5.41) is 0. The molecule has 1 amide bonds. The molecular weight excluding hydrogens is 188 g/mol. The van der Waals surface area contributed by atoms with Crippen LogP contribution in [0.1, 0.15) is 42.2 Å². The summed E-state index contributed by atoms with van der Waals surface area (Å²) in [5.41, 5.74) is 1.76. The number of nitrogens with zero attached hydrogens (tertiary/aromatic N) is 2. The van der Waals surface area contributed by atoms with Gasteiger partial charge in [0.05, 0.1) is 0 Å². The lowest BCUT2D eigenvalue weighted by molar-refractivity contribution is 0.0651. The Labute approximate surface area is 90.1 Å². The average molecular weight is 204 g/mol. The second-order valence-electron chi connectivity index (χ2n) is 4.27. The molecule has 0 spiro atoms. The molecule has 0 radical (unpaired) electrons. The van der Waals surface area contributed by atoms with E-state index in [1.165, 1.54) is 0 Å². The molecule has 0 unspecified atom stereocenters. The van der Waals surface area contributed by atoms with Crippen LogP contribution in [0.5, 0.6) is 0 Å². The SMILES string of the molecule is CC(C)c1cc(C(=O)N2CCC2)ccn1. The highest BCUT2D eigenvalue weighted by molar-refractivity contribution is 5.94. The van der Waals surface area contributed by atoms with Crippen molar-refractivity contribution in [3.63, 3.8) is 0 Å². The van der Waals surface area contributed by atoms with Gasteiger partial charge < -0.3 is 4.90 Å². The molecule has 80 valence electrons. The number of carbonyl (C=O) groups is 1. The number of amides is 1. The Hall–Kier alpha value is -1.38. The van der Waals surface area contributed by atoms with E-state index in [4.69, 9.17) is 0 Å². The Balaban J connectivity index is 2.20. The van der Waals surface area contributed by atoms with Crippen molar-refractivity contribution in [3.05, 3.63) is 29.6 Å². The minimum absolute atomic E-state index is 0.144. The molecule has 3 nitrogen and oxygen atoms in total. The molecule has 1 saturated heterocycles. The molecule has 1 aliphatic heterocycles. The van der Waals surface area contributed by atoms with Crippen molar-refractivity contribution >= 4 is 5.91 Å². The fourth-order valence-electron chi connectivity index (χ4n) is 1.60. The molecule has 1 aromatic heterocycles. The fourth-order valence-corrected chi connectivity index (χ4v) is 1.60. The maximum Gasteiger partial charge on any atom is 0.253 e. The van der Waals surface area contributed by atoms with Crippen molar-refractivity contribution in [3.8, 4) is 0 Å². The maximum atomic E-state index is 11.9. The van der Waals surface area contributed by atoms with Crippen molar-refractivity contribution in [1.29, 1.82) is 0 Å². The molecule has 1 aromatic rings. The van der Waals surface area contributed by atoms with E-state index in [1.54, 1.807) is 12.3 Å². The van der Waals surface area contributed by atoms with Crippen LogP contribution in [-0.4, -0.2) is 28.9 Å². The summed E-state index contributed by atoms with van der Waals surface area (Å²) in [6.45, 7) is 5.97. The number of likely N-dealkylation sites (tertiary alicyclic amines) is 1. The van der Waals surface area contributed by atoms with Crippen molar-refractivity contribution in [2.45, 2.75) is 26.2 Å². The number of carbonyl (C=O) groups excluding carboxylic acids is 1. The molecule has 1 aliphatic rings. The Morgan fingerprint density at radius 3 is 2.73 bits per heavy atom. The number of pyridine rings is 1. The van der Waals surface area contributed by atoms with Crippen molar-refractivity contribution < 1.29 is 4.79 Å². The van der Waals surface area contributed by atoms with Crippen molar-refractivity contribution in [1.82, 2.24) is 9.88 Å². The van der Waals surface area contributed by atoms with Crippen LogP contribution in [-0.2, 0) is 0 Å². The van der Waals surface area contributed by atoms with Gasteiger partial charge in [-0.15, -0.1) is 0 Å². The predicted octanol–water partition coefficient (Wildman–Crippen LogP) is 2.05. The first-order valence-electron chi connectivity index (χ1n) is 5.43. The molecule has 0 atom stereocenters. The lowest BCUT2D eigenvalue weighted by atomic mass is 10.1. The van der Waals surface area contributed by atoms with Gasteiger partial charge >= 0.3 is 0 Å². The zero-order valence-corrected chi connectivity index (χ0v) is 9.23. The zero-order valence-electron chi connectivity index (χ0n) is 9.23. The van der Waals surface area contributed by atoms with Crippen LogP contribution in [0.3, 0.4) is 0 Å². The van der Waals surface area contributed by atoms with Crippen LogP contribution >= 0.6 is 0 Å². The molecule has 0 aromatic carbocycles. The second-order valence-corrected chi connectivity index (χ2v) is 4.27. The Kier molecular flexibility index (Phi) is 2.71. The van der Waals surface area contributed by atoms with Gasteiger partial charge in [0.1, 0.15) is 0 Å². The third-order valence-corrected chi connectivity index (χ3v) is 2.76. The summed E-state index contributed by atoms with van der Waals surface area (Å²) < 4.78 is 0. The average Bonchev–Trinajstić information content (AvgIpc) is 2.15. The fraction of sp³-hybridized carbons (Fsp3) is 0.500. The lowest BCUT2D eigenvalue weighted by Crippen LogP contribution is -2.42. The Morgan fingerprint density at radius 2 is 2.20 bits per heavy atom. The van der Waals surface area contributed by atoms with Gasteiger partial charge in [-0.3, -0.25) is 9.78 Å². The van der Waals surface area contributed by atoms with Crippen LogP contribution in [0, 0.1) is 0 Å². The topological polar surface area (TPSA) is 33.2 Å². The molecule has 3 heteroatoms. The minimum Gasteiger partial charge on any atom is -0.339 e. The van der Waals surface area contributed by atoms with E-state index in [2.05, 4.69) is 18.8 Å². The maximum absolute atomic E-state index is 11.9. The summed E-state index contributed by atoms with van der Waals surface area (Å²) in [6.07, 6.45) is 2.86. The van der Waals surface area contributed by atoms with Gasteiger partial charge in [0.25, 0.3) is 5.91 Å². The molecule has 0 bridgehead atoms. The Morgan fingerprint density at radius 1 is 1.47 bits per heavy atom. The van der Waals surface area contributed by atoms with E-state index in [9.17, 15) is 4.79 Å². The predicted molar refractivity (Wildman–Crippen MR) is 58.8 cm³/mol. The number of aromatic nitrogens is 1. The summed E-state index contributed by atoms with van der Waals surface area (Å²) in [5.74, 6) is 0.514. The minimum atomic E-state index is 0.144. The van der Waals surface area contributed by atoms with E-state index >= 15 is 0 Å². The van der Waals surface area contributed by atoms with E-state index in [0.717, 1.165) is 30.8 Å². The quantitative estimate of drug-likeness (QED) is 0.738. The van der Waals surface area contributed by atoms with Crippen molar-refractivity contribution in [2.75, 3.05) is 13.1 Å². The zero-order chi connectivity index (χ0) is 10.8. The molecule has 2 heterocycles. The van der Waals surface area contributed by atoms with Crippen LogP contribution in [0.2, 0.25) is 0 Å². The van der Waals surface area contributed by atoms with Crippen LogP contribution in [0.25, 0.3) is 0 Å². The monoisotopic (exact) mass is 204 g/mol. The smallest absolute Gasteiger partial charge is 0.253 e. The summed E-state index contributed by atoms with van der Waals surface area (Å²) in [7, 11) is 0. The third-order valence-electron chi connectivity index (χ3n) is 2.76. The van der Waals surface area contributed by atoms with Gasteiger partial charge in [0.15, 0.2) is 0 Å². The van der Waals surface area contributed by atoms with Gasteiger partial charge in [-0.25, -0.2) is 0 Å². The van der Waals surface area contributed by atoms with Gasteiger partial charge in [-0.2, -0.15) is 0 Å². The third kappa shape index (κ3) is 2.01. The van der Waals surface area contributed by atoms with Crippen LogP contribution < -0.4 is 0 Å².